The number of halogens is 1. The van der Waals surface area contributed by atoms with Crippen molar-refractivity contribution in [3.63, 3.8) is 0 Å². The number of aliphatic hydroxyl groups is 1. The summed E-state index contributed by atoms with van der Waals surface area (Å²) >= 11 is 6.24. The zero-order valence-corrected chi connectivity index (χ0v) is 14.3. The van der Waals surface area contributed by atoms with Gasteiger partial charge >= 0.3 is 6.09 Å². The Balaban J connectivity index is 2.32. The average Bonchev–Trinajstić information content (AvgIpc) is 2.80. The van der Waals surface area contributed by atoms with Crippen molar-refractivity contribution < 1.29 is 19.4 Å². The van der Waals surface area contributed by atoms with E-state index in [9.17, 15) is 4.79 Å². The van der Waals surface area contributed by atoms with Gasteiger partial charge in [-0.05, 0) is 39.0 Å². The van der Waals surface area contributed by atoms with Crippen molar-refractivity contribution in [3.8, 4) is 5.75 Å². The van der Waals surface area contributed by atoms with E-state index in [0.717, 1.165) is 5.39 Å². The minimum Gasteiger partial charge on any atom is -0.468 e. The number of fused-ring (bicyclic) bond motifs is 3. The Bertz CT molecular complexity index is 928. The Labute approximate surface area is 143 Å². The maximum atomic E-state index is 12.7. The van der Waals surface area contributed by atoms with Crippen LogP contribution in [0.5, 0.6) is 5.75 Å². The highest BCUT2D eigenvalue weighted by Gasteiger charge is 2.23. The molecule has 0 aliphatic carbocycles. The molecule has 0 saturated heterocycles. The summed E-state index contributed by atoms with van der Waals surface area (Å²) < 4.78 is 12.1. The smallest absolute Gasteiger partial charge is 0.419 e. The molecule has 126 valence electrons. The fourth-order valence-electron chi connectivity index (χ4n) is 2.57. The van der Waals surface area contributed by atoms with Crippen LogP contribution in [0.15, 0.2) is 30.5 Å². The predicted molar refractivity (Wildman–Crippen MR) is 91.6 cm³/mol. The third kappa shape index (κ3) is 2.90. The number of aromatic nitrogens is 2. The topological polar surface area (TPSA) is 73.6 Å². The molecule has 0 spiro atoms. The van der Waals surface area contributed by atoms with Crippen molar-refractivity contribution in [1.82, 2.24) is 9.55 Å². The van der Waals surface area contributed by atoms with Crippen molar-refractivity contribution in [2.75, 3.05) is 6.79 Å². The first-order valence-electron chi connectivity index (χ1n) is 7.37. The molecule has 0 aliphatic heterocycles. The molecule has 0 saturated carbocycles. The van der Waals surface area contributed by atoms with Crippen LogP contribution in [-0.2, 0) is 4.74 Å². The Morgan fingerprint density at radius 3 is 2.71 bits per heavy atom. The van der Waals surface area contributed by atoms with Crippen molar-refractivity contribution in [2.24, 2.45) is 0 Å². The fraction of sp³-hybridized carbons (Fsp3) is 0.294. The number of nitrogens with zero attached hydrogens (tertiary/aromatic N) is 2. The summed E-state index contributed by atoms with van der Waals surface area (Å²) in [5.74, 6) is 0.432. The number of hydrogen-bond donors (Lipinski definition) is 1. The molecule has 2 aromatic heterocycles. The van der Waals surface area contributed by atoms with Crippen LogP contribution in [0.25, 0.3) is 21.8 Å². The van der Waals surface area contributed by atoms with Crippen LogP contribution >= 0.6 is 11.6 Å². The highest BCUT2D eigenvalue weighted by atomic mass is 35.5. The number of rotatable bonds is 2. The first kappa shape index (κ1) is 16.5. The quantitative estimate of drug-likeness (QED) is 0.560. The van der Waals surface area contributed by atoms with Crippen LogP contribution in [0.4, 0.5) is 4.79 Å². The minimum absolute atomic E-state index is 0.302. The number of ether oxygens (including phenoxy) is 2. The van der Waals surface area contributed by atoms with E-state index in [2.05, 4.69) is 4.98 Å². The minimum atomic E-state index is -0.643. The second-order valence-corrected chi connectivity index (χ2v) is 6.62. The summed E-state index contributed by atoms with van der Waals surface area (Å²) in [6, 6.07) is 6.83. The number of carbonyl (C=O) groups is 1. The highest BCUT2D eigenvalue weighted by Crippen LogP contribution is 2.35. The molecule has 0 unspecified atom stereocenters. The molecule has 0 radical (unpaired) electrons. The lowest BCUT2D eigenvalue weighted by molar-refractivity contribution is 0.0551. The van der Waals surface area contributed by atoms with Crippen molar-refractivity contribution >= 4 is 39.5 Å². The maximum absolute atomic E-state index is 12.7. The standard InChI is InChI=1S/C17H17ClN2O4/c1-17(2,3)24-16(22)20-12-6-7-19-15(18)14(12)11-5-4-10(23-9-21)8-13(11)20/h4-8,21H,9H2,1-3H3. The molecular weight excluding hydrogens is 332 g/mol. The second kappa shape index (κ2) is 5.96. The van der Waals surface area contributed by atoms with Gasteiger partial charge in [0.2, 0.25) is 0 Å². The van der Waals surface area contributed by atoms with E-state index in [4.69, 9.17) is 26.2 Å². The second-order valence-electron chi connectivity index (χ2n) is 6.26. The molecule has 1 aromatic carbocycles. The van der Waals surface area contributed by atoms with Crippen LogP contribution in [0, 0.1) is 0 Å². The largest absolute Gasteiger partial charge is 0.468 e. The maximum Gasteiger partial charge on any atom is 0.419 e. The van der Waals surface area contributed by atoms with E-state index in [-0.39, 0.29) is 0 Å². The zero-order chi connectivity index (χ0) is 17.5. The van der Waals surface area contributed by atoms with E-state index in [1.807, 2.05) is 0 Å². The summed E-state index contributed by atoms with van der Waals surface area (Å²) in [6.07, 6.45) is 1.01. The number of carbonyl (C=O) groups excluding carboxylic acids is 1. The molecule has 0 fully saturated rings. The molecule has 0 amide bonds. The van der Waals surface area contributed by atoms with Crippen molar-refractivity contribution in [1.29, 1.82) is 0 Å². The van der Waals surface area contributed by atoms with Gasteiger partial charge in [-0.2, -0.15) is 0 Å². The lowest BCUT2D eigenvalue weighted by Crippen LogP contribution is -2.27. The van der Waals surface area contributed by atoms with Gasteiger partial charge in [0, 0.05) is 23.0 Å². The Morgan fingerprint density at radius 2 is 2.04 bits per heavy atom. The first-order chi connectivity index (χ1) is 11.3. The number of hydrogen-bond acceptors (Lipinski definition) is 5. The summed E-state index contributed by atoms with van der Waals surface area (Å²) in [5, 5.41) is 10.7. The summed E-state index contributed by atoms with van der Waals surface area (Å²) in [4.78, 5) is 16.8. The first-order valence-corrected chi connectivity index (χ1v) is 7.75. The lowest BCUT2D eigenvalue weighted by Gasteiger charge is -2.20. The molecule has 3 aromatic rings. The molecule has 2 heterocycles. The third-order valence-electron chi connectivity index (χ3n) is 3.41. The Morgan fingerprint density at radius 1 is 1.29 bits per heavy atom. The molecule has 24 heavy (non-hydrogen) atoms. The molecule has 0 bridgehead atoms. The molecular formula is C17H17ClN2O4. The molecule has 7 heteroatoms. The van der Waals surface area contributed by atoms with Crippen LogP contribution in [0.3, 0.4) is 0 Å². The highest BCUT2D eigenvalue weighted by molar-refractivity contribution is 6.37. The van der Waals surface area contributed by atoms with E-state index < -0.39 is 18.5 Å². The van der Waals surface area contributed by atoms with Gasteiger partial charge in [0.05, 0.1) is 11.0 Å². The molecule has 1 N–H and O–H groups in total. The van der Waals surface area contributed by atoms with Crippen LogP contribution < -0.4 is 4.74 Å². The van der Waals surface area contributed by atoms with Gasteiger partial charge in [-0.15, -0.1) is 0 Å². The van der Waals surface area contributed by atoms with Gasteiger partial charge < -0.3 is 14.6 Å². The van der Waals surface area contributed by atoms with E-state index >= 15 is 0 Å². The monoisotopic (exact) mass is 348 g/mol. The average molecular weight is 349 g/mol. The zero-order valence-electron chi connectivity index (χ0n) is 13.5. The molecule has 6 nitrogen and oxygen atoms in total. The van der Waals surface area contributed by atoms with E-state index in [1.165, 1.54) is 10.8 Å². The van der Waals surface area contributed by atoms with Gasteiger partial charge in [-0.3, -0.25) is 0 Å². The van der Waals surface area contributed by atoms with Gasteiger partial charge in [0.25, 0.3) is 0 Å². The molecule has 0 atom stereocenters. The fourth-order valence-corrected chi connectivity index (χ4v) is 2.82. The van der Waals surface area contributed by atoms with Gasteiger partial charge in [-0.1, -0.05) is 11.6 Å². The number of pyridine rings is 1. The third-order valence-corrected chi connectivity index (χ3v) is 3.70. The molecule has 0 aliphatic rings. The van der Waals surface area contributed by atoms with E-state index in [0.29, 0.717) is 27.3 Å². The summed E-state index contributed by atoms with van der Waals surface area (Å²) in [7, 11) is 0. The van der Waals surface area contributed by atoms with Gasteiger partial charge in [0.1, 0.15) is 16.5 Å². The van der Waals surface area contributed by atoms with Gasteiger partial charge in [0.15, 0.2) is 6.79 Å². The van der Waals surface area contributed by atoms with E-state index in [1.54, 1.807) is 45.0 Å². The van der Waals surface area contributed by atoms with Crippen molar-refractivity contribution in [3.05, 3.63) is 35.6 Å². The van der Waals surface area contributed by atoms with Gasteiger partial charge in [-0.25, -0.2) is 14.3 Å². The Hall–Kier alpha value is -2.31. The lowest BCUT2D eigenvalue weighted by atomic mass is 10.2. The Kier molecular flexibility index (Phi) is 4.11. The summed E-state index contributed by atoms with van der Waals surface area (Å²) in [5.41, 5.74) is 0.524. The van der Waals surface area contributed by atoms with Crippen LogP contribution in [0.1, 0.15) is 20.8 Å². The molecule has 3 rings (SSSR count). The number of aliphatic hydroxyl groups excluding tert-OH is 1. The predicted octanol–water partition coefficient (Wildman–Crippen LogP) is 3.95. The van der Waals surface area contributed by atoms with Crippen LogP contribution in [-0.4, -0.2) is 33.1 Å². The normalized spacial score (nSPS) is 11.9. The van der Waals surface area contributed by atoms with Crippen molar-refractivity contribution in [2.45, 2.75) is 26.4 Å². The summed E-state index contributed by atoms with van der Waals surface area (Å²) in [6.45, 7) is 4.94. The number of benzene rings is 1. The van der Waals surface area contributed by atoms with Crippen LogP contribution in [0.2, 0.25) is 5.15 Å². The SMILES string of the molecule is CC(C)(C)OC(=O)n1c2cc(OCO)ccc2c2c(Cl)nccc21.